The molecular weight excluding hydrogens is 437 g/mol. The van der Waals surface area contributed by atoms with Gasteiger partial charge in [0.05, 0.1) is 19.8 Å². The minimum Gasteiger partial charge on any atom is -0.487 e. The third-order valence-corrected chi connectivity index (χ3v) is 3.86. The lowest BCUT2D eigenvalue weighted by atomic mass is 9.90. The van der Waals surface area contributed by atoms with Gasteiger partial charge in [-0.25, -0.2) is 0 Å². The molecule has 0 spiro atoms. The molecule has 1 saturated heterocycles. The van der Waals surface area contributed by atoms with E-state index in [9.17, 15) is 48.3 Å². The smallest absolute Gasteiger partial charge is 0.460 e. The Morgan fingerprint density at radius 3 is 1.55 bits per heavy atom. The summed E-state index contributed by atoms with van der Waals surface area (Å²) in [7, 11) is 0. The Labute approximate surface area is 155 Å². The van der Waals surface area contributed by atoms with Crippen LogP contribution in [-0.4, -0.2) is 44.4 Å². The van der Waals surface area contributed by atoms with Crippen molar-refractivity contribution in [3.8, 4) is 11.5 Å². The molecule has 29 heavy (non-hydrogen) atoms. The second-order valence-electron chi connectivity index (χ2n) is 6.57. The Bertz CT molecular complexity index is 743. The number of hydrogen-bond donors (Lipinski definition) is 0. The lowest BCUT2D eigenvalue weighted by Crippen LogP contribution is -2.54. The van der Waals surface area contributed by atoms with E-state index in [1.54, 1.807) is 6.92 Å². The molecular formula is C15H11F11O3. The van der Waals surface area contributed by atoms with E-state index in [2.05, 4.69) is 9.47 Å². The highest BCUT2D eigenvalue weighted by molar-refractivity contribution is 5.38. The molecule has 0 saturated carbocycles. The highest BCUT2D eigenvalue weighted by Gasteiger charge is 2.73. The van der Waals surface area contributed by atoms with Crippen LogP contribution in [0.4, 0.5) is 48.3 Å². The second kappa shape index (κ2) is 7.36. The van der Waals surface area contributed by atoms with E-state index in [1.165, 1.54) is 0 Å². The van der Waals surface area contributed by atoms with Crippen LogP contribution in [0, 0.1) is 28.7 Å². The molecule has 1 aliphatic rings. The molecule has 166 valence electrons. The lowest BCUT2D eigenvalue weighted by Gasteiger charge is -2.37. The first kappa shape index (κ1) is 23.3. The summed E-state index contributed by atoms with van der Waals surface area (Å²) in [5.74, 6) is -25.9. The molecule has 1 heterocycles. The fourth-order valence-corrected chi connectivity index (χ4v) is 2.09. The molecule has 14 heteroatoms. The van der Waals surface area contributed by atoms with Crippen LogP contribution in [0.1, 0.15) is 6.92 Å². The predicted molar refractivity (Wildman–Crippen MR) is 72.1 cm³/mol. The highest BCUT2D eigenvalue weighted by Crippen LogP contribution is 2.47. The molecule has 1 fully saturated rings. The lowest BCUT2D eigenvalue weighted by molar-refractivity contribution is -0.358. The number of benzene rings is 1. The quantitative estimate of drug-likeness (QED) is 0.440. The number of ether oxygens (including phenoxy) is 3. The second-order valence-corrected chi connectivity index (χ2v) is 6.57. The van der Waals surface area contributed by atoms with Crippen LogP contribution in [0.15, 0.2) is 0 Å². The predicted octanol–water partition coefficient (Wildman–Crippen LogP) is 4.87. The Morgan fingerprint density at radius 1 is 0.793 bits per heavy atom. The van der Waals surface area contributed by atoms with Crippen molar-refractivity contribution in [3.63, 3.8) is 0 Å². The topological polar surface area (TPSA) is 27.7 Å². The molecule has 0 unspecified atom stereocenters. The van der Waals surface area contributed by atoms with E-state index in [1.807, 2.05) is 0 Å². The summed E-state index contributed by atoms with van der Waals surface area (Å²) >= 11 is 0. The molecule has 0 radical (unpaired) electrons. The van der Waals surface area contributed by atoms with Gasteiger partial charge in [0.2, 0.25) is 23.3 Å². The van der Waals surface area contributed by atoms with Crippen LogP contribution < -0.4 is 9.47 Å². The van der Waals surface area contributed by atoms with Crippen molar-refractivity contribution in [1.82, 2.24) is 0 Å². The number of alkyl halides is 7. The van der Waals surface area contributed by atoms with Gasteiger partial charge in [0.25, 0.3) is 0 Å². The molecule has 0 N–H and O–H groups in total. The van der Waals surface area contributed by atoms with Gasteiger partial charge in [-0.2, -0.15) is 48.3 Å². The van der Waals surface area contributed by atoms with Crippen molar-refractivity contribution >= 4 is 0 Å². The van der Waals surface area contributed by atoms with Gasteiger partial charge in [-0.15, -0.1) is 0 Å². The molecule has 0 atom stereocenters. The van der Waals surface area contributed by atoms with Crippen molar-refractivity contribution in [2.45, 2.75) is 24.9 Å². The molecule has 0 amide bonds. The van der Waals surface area contributed by atoms with Crippen LogP contribution in [0.25, 0.3) is 0 Å². The van der Waals surface area contributed by atoms with E-state index in [4.69, 9.17) is 4.74 Å². The highest BCUT2D eigenvalue weighted by atomic mass is 19.4. The van der Waals surface area contributed by atoms with Crippen molar-refractivity contribution in [2.75, 3.05) is 26.4 Å². The van der Waals surface area contributed by atoms with Crippen molar-refractivity contribution < 1.29 is 62.5 Å². The summed E-state index contributed by atoms with van der Waals surface area (Å²) in [5.41, 5.74) is -0.730. The van der Waals surface area contributed by atoms with Gasteiger partial charge in [-0.1, -0.05) is 6.92 Å². The number of halogens is 11. The van der Waals surface area contributed by atoms with Crippen LogP contribution in [-0.2, 0) is 4.74 Å². The Balaban J connectivity index is 2.26. The molecule has 0 aliphatic carbocycles. The Hall–Kier alpha value is -1.99. The number of hydrogen-bond acceptors (Lipinski definition) is 3. The first-order valence-electron chi connectivity index (χ1n) is 7.56. The monoisotopic (exact) mass is 448 g/mol. The standard InChI is InChI=1S/C15H11F11O3/c1-12(2-27-3-12)4-28-10-6(16)8(18)11(9(19)7(10)17)29-5-13(20,21)14(22,23)15(24,25)26/h2-5H2,1H3. The molecule has 0 aromatic heterocycles. The van der Waals surface area contributed by atoms with E-state index in [0.29, 0.717) is 0 Å². The summed E-state index contributed by atoms with van der Waals surface area (Å²) < 4.78 is 157. The third-order valence-electron chi connectivity index (χ3n) is 3.86. The minimum absolute atomic E-state index is 0.102. The first-order valence-corrected chi connectivity index (χ1v) is 7.56. The fourth-order valence-electron chi connectivity index (χ4n) is 2.09. The van der Waals surface area contributed by atoms with Gasteiger partial charge < -0.3 is 14.2 Å². The molecule has 3 nitrogen and oxygen atoms in total. The molecule has 1 aliphatic heterocycles. The number of rotatable bonds is 7. The summed E-state index contributed by atoms with van der Waals surface area (Å²) in [4.78, 5) is 0. The fraction of sp³-hybridized carbons (Fsp3) is 0.600. The summed E-state index contributed by atoms with van der Waals surface area (Å²) in [6.45, 7) is -1.65. The average molecular weight is 448 g/mol. The summed E-state index contributed by atoms with van der Waals surface area (Å²) in [6, 6.07) is 0. The first-order chi connectivity index (χ1) is 13.0. The average Bonchev–Trinajstić information content (AvgIpc) is 2.57. The van der Waals surface area contributed by atoms with Gasteiger partial charge in [0.1, 0.15) is 0 Å². The zero-order valence-electron chi connectivity index (χ0n) is 14.2. The van der Waals surface area contributed by atoms with E-state index in [-0.39, 0.29) is 13.2 Å². The van der Waals surface area contributed by atoms with Crippen molar-refractivity contribution in [2.24, 2.45) is 5.41 Å². The van der Waals surface area contributed by atoms with Gasteiger partial charge in [0, 0.05) is 5.41 Å². The Kier molecular flexibility index (Phi) is 5.91. The van der Waals surface area contributed by atoms with Crippen LogP contribution in [0.2, 0.25) is 0 Å². The van der Waals surface area contributed by atoms with Crippen molar-refractivity contribution in [3.05, 3.63) is 23.3 Å². The molecule has 1 aromatic carbocycles. The van der Waals surface area contributed by atoms with E-state index >= 15 is 0 Å². The summed E-state index contributed by atoms with van der Waals surface area (Å²) in [5, 5.41) is 0. The van der Waals surface area contributed by atoms with Crippen LogP contribution in [0.3, 0.4) is 0 Å². The van der Waals surface area contributed by atoms with Crippen LogP contribution >= 0.6 is 0 Å². The van der Waals surface area contributed by atoms with Crippen LogP contribution in [0.5, 0.6) is 11.5 Å². The molecule has 0 bridgehead atoms. The largest absolute Gasteiger partial charge is 0.487 e. The molecule has 2 rings (SSSR count). The van der Waals surface area contributed by atoms with E-state index in [0.717, 1.165) is 0 Å². The minimum atomic E-state index is -6.73. The Morgan fingerprint density at radius 2 is 1.21 bits per heavy atom. The normalized spacial score (nSPS) is 17.1. The third kappa shape index (κ3) is 4.16. The maximum absolute atomic E-state index is 13.9. The SMILES string of the molecule is CC1(COc2c(F)c(F)c(OCC(F)(F)C(F)(F)C(F)(F)F)c(F)c2F)COC1. The van der Waals surface area contributed by atoms with E-state index < -0.39 is 71.4 Å². The zero-order chi connectivity index (χ0) is 22.4. The maximum Gasteiger partial charge on any atom is 0.460 e. The summed E-state index contributed by atoms with van der Waals surface area (Å²) in [6.07, 6.45) is -6.73. The van der Waals surface area contributed by atoms with Gasteiger partial charge in [-0.3, -0.25) is 0 Å². The van der Waals surface area contributed by atoms with Crippen molar-refractivity contribution in [1.29, 1.82) is 0 Å². The molecule has 1 aromatic rings. The zero-order valence-corrected chi connectivity index (χ0v) is 14.2. The van der Waals surface area contributed by atoms with Gasteiger partial charge >= 0.3 is 18.0 Å². The maximum atomic E-state index is 13.9. The van der Waals surface area contributed by atoms with Gasteiger partial charge in [-0.05, 0) is 0 Å². The van der Waals surface area contributed by atoms with Gasteiger partial charge in [0.15, 0.2) is 18.1 Å².